The van der Waals surface area contributed by atoms with E-state index in [2.05, 4.69) is 5.32 Å². The van der Waals surface area contributed by atoms with Crippen molar-refractivity contribution in [2.45, 2.75) is 13.5 Å². The Kier molecular flexibility index (Phi) is 5.20. The Morgan fingerprint density at radius 3 is 2.62 bits per heavy atom. The first-order valence-electron chi connectivity index (χ1n) is 6.57. The lowest BCUT2D eigenvalue weighted by molar-refractivity contribution is -0.118. The topological polar surface area (TPSA) is 64.3 Å². The van der Waals surface area contributed by atoms with Crippen LogP contribution in [0, 0.1) is 6.92 Å². The molecule has 0 bridgehead atoms. The van der Waals surface area contributed by atoms with E-state index >= 15 is 0 Å². The summed E-state index contributed by atoms with van der Waals surface area (Å²) in [5.41, 5.74) is 8.19. The zero-order chi connectivity index (χ0) is 15.2. The van der Waals surface area contributed by atoms with Crippen molar-refractivity contribution in [1.29, 1.82) is 0 Å². The predicted octanol–water partition coefficient (Wildman–Crippen LogP) is 3.12. The number of aryl methyl sites for hydroxylation is 1. The molecule has 2 aromatic carbocycles. The fraction of sp³-hybridized carbons (Fsp3) is 0.188. The van der Waals surface area contributed by atoms with Crippen LogP contribution in [0.4, 0.5) is 5.69 Å². The Hall–Kier alpha value is -2.04. The number of nitrogens with one attached hydrogen (secondary N) is 1. The van der Waals surface area contributed by atoms with Gasteiger partial charge in [0.05, 0.1) is 0 Å². The summed E-state index contributed by atoms with van der Waals surface area (Å²) >= 11 is 5.79. The molecule has 2 rings (SSSR count). The molecule has 0 aliphatic heterocycles. The second-order valence-corrected chi connectivity index (χ2v) is 5.05. The van der Waals surface area contributed by atoms with Gasteiger partial charge in [-0.3, -0.25) is 4.79 Å². The summed E-state index contributed by atoms with van der Waals surface area (Å²) in [5.74, 6) is 0.440. The number of hydrogen-bond donors (Lipinski definition) is 2. The minimum Gasteiger partial charge on any atom is -0.483 e. The van der Waals surface area contributed by atoms with Crippen LogP contribution in [0.2, 0.25) is 5.02 Å². The normalized spacial score (nSPS) is 10.2. The maximum Gasteiger partial charge on any atom is 0.262 e. The standard InChI is InChI=1S/C16H17ClN2O2/c1-11-3-2-4-12(9-18)16(11)21-10-15(20)19-14-7-5-13(17)6-8-14/h2-8H,9-10,18H2,1H3,(H,19,20). The summed E-state index contributed by atoms with van der Waals surface area (Å²) in [7, 11) is 0. The molecule has 0 saturated heterocycles. The minimum absolute atomic E-state index is 0.0690. The first-order chi connectivity index (χ1) is 10.1. The van der Waals surface area contributed by atoms with Crippen molar-refractivity contribution in [3.8, 4) is 5.75 Å². The van der Waals surface area contributed by atoms with Gasteiger partial charge in [-0.2, -0.15) is 0 Å². The molecule has 0 spiro atoms. The number of halogens is 1. The van der Waals surface area contributed by atoms with E-state index in [0.717, 1.165) is 11.1 Å². The molecule has 21 heavy (non-hydrogen) atoms. The van der Waals surface area contributed by atoms with Gasteiger partial charge in [0, 0.05) is 22.8 Å². The van der Waals surface area contributed by atoms with Gasteiger partial charge in [-0.15, -0.1) is 0 Å². The van der Waals surface area contributed by atoms with E-state index in [1.54, 1.807) is 24.3 Å². The van der Waals surface area contributed by atoms with Crippen molar-refractivity contribution in [1.82, 2.24) is 0 Å². The number of carbonyl (C=O) groups is 1. The predicted molar refractivity (Wildman–Crippen MR) is 84.6 cm³/mol. The Morgan fingerprint density at radius 1 is 1.24 bits per heavy atom. The van der Waals surface area contributed by atoms with Gasteiger partial charge in [0.15, 0.2) is 6.61 Å². The molecule has 5 heteroatoms. The zero-order valence-corrected chi connectivity index (χ0v) is 12.5. The largest absolute Gasteiger partial charge is 0.483 e. The Balaban J connectivity index is 1.97. The van der Waals surface area contributed by atoms with Crippen molar-refractivity contribution in [2.75, 3.05) is 11.9 Å². The number of carbonyl (C=O) groups excluding carboxylic acids is 1. The highest BCUT2D eigenvalue weighted by molar-refractivity contribution is 6.30. The first-order valence-corrected chi connectivity index (χ1v) is 6.94. The molecule has 0 saturated carbocycles. The molecule has 110 valence electrons. The number of ether oxygens (including phenoxy) is 1. The molecule has 4 nitrogen and oxygen atoms in total. The third kappa shape index (κ3) is 4.21. The lowest BCUT2D eigenvalue weighted by atomic mass is 10.1. The molecule has 3 N–H and O–H groups in total. The van der Waals surface area contributed by atoms with Crippen LogP contribution in [0.5, 0.6) is 5.75 Å². The number of hydrogen-bond acceptors (Lipinski definition) is 3. The average Bonchev–Trinajstić information content (AvgIpc) is 2.48. The van der Waals surface area contributed by atoms with E-state index in [4.69, 9.17) is 22.1 Å². The van der Waals surface area contributed by atoms with Gasteiger partial charge in [-0.25, -0.2) is 0 Å². The maximum atomic E-state index is 11.9. The second-order valence-electron chi connectivity index (χ2n) is 4.61. The van der Waals surface area contributed by atoms with E-state index in [-0.39, 0.29) is 12.5 Å². The minimum atomic E-state index is -0.233. The number of nitrogens with two attached hydrogens (primary N) is 1. The lowest BCUT2D eigenvalue weighted by Gasteiger charge is -2.13. The van der Waals surface area contributed by atoms with Gasteiger partial charge in [0.2, 0.25) is 0 Å². The summed E-state index contributed by atoms with van der Waals surface area (Å²) in [6.45, 7) is 2.22. The highest BCUT2D eigenvalue weighted by Crippen LogP contribution is 2.23. The number of anilines is 1. The molecule has 0 aromatic heterocycles. The van der Waals surface area contributed by atoms with Crippen LogP contribution >= 0.6 is 11.6 Å². The molecule has 0 atom stereocenters. The zero-order valence-electron chi connectivity index (χ0n) is 11.7. The van der Waals surface area contributed by atoms with Crippen molar-refractivity contribution in [3.05, 3.63) is 58.6 Å². The molecule has 0 fully saturated rings. The molecule has 0 heterocycles. The highest BCUT2D eigenvalue weighted by Gasteiger charge is 2.09. The number of rotatable bonds is 5. The van der Waals surface area contributed by atoms with Crippen LogP contribution < -0.4 is 15.8 Å². The van der Waals surface area contributed by atoms with Gasteiger partial charge in [-0.05, 0) is 36.8 Å². The SMILES string of the molecule is Cc1cccc(CN)c1OCC(=O)Nc1ccc(Cl)cc1. The van der Waals surface area contributed by atoms with E-state index in [9.17, 15) is 4.79 Å². The highest BCUT2D eigenvalue weighted by atomic mass is 35.5. The van der Waals surface area contributed by atoms with Crippen molar-refractivity contribution < 1.29 is 9.53 Å². The molecule has 1 amide bonds. The average molecular weight is 305 g/mol. The van der Waals surface area contributed by atoms with Gasteiger partial charge < -0.3 is 15.8 Å². The van der Waals surface area contributed by atoms with E-state index < -0.39 is 0 Å². The summed E-state index contributed by atoms with van der Waals surface area (Å²) in [6.07, 6.45) is 0. The first kappa shape index (κ1) is 15.4. The lowest BCUT2D eigenvalue weighted by Crippen LogP contribution is -2.21. The number of amides is 1. The molecule has 0 aliphatic rings. The van der Waals surface area contributed by atoms with Gasteiger partial charge >= 0.3 is 0 Å². The van der Waals surface area contributed by atoms with E-state index in [0.29, 0.717) is 23.0 Å². The maximum absolute atomic E-state index is 11.9. The molecule has 2 aromatic rings. The second kappa shape index (κ2) is 7.11. The number of benzene rings is 2. The third-order valence-corrected chi connectivity index (χ3v) is 3.24. The Bertz CT molecular complexity index is 627. The monoisotopic (exact) mass is 304 g/mol. The molecule has 0 radical (unpaired) electrons. The van der Waals surface area contributed by atoms with Gasteiger partial charge in [0.1, 0.15) is 5.75 Å². The third-order valence-electron chi connectivity index (χ3n) is 2.99. The summed E-state index contributed by atoms with van der Waals surface area (Å²) < 4.78 is 5.60. The number of para-hydroxylation sites is 1. The Morgan fingerprint density at radius 2 is 1.95 bits per heavy atom. The van der Waals surface area contributed by atoms with E-state index in [1.807, 2.05) is 25.1 Å². The Labute approximate surface area is 128 Å². The summed E-state index contributed by atoms with van der Waals surface area (Å²) in [6, 6.07) is 12.6. The van der Waals surface area contributed by atoms with Gasteiger partial charge in [-0.1, -0.05) is 29.8 Å². The van der Waals surface area contributed by atoms with Crippen LogP contribution in [0.1, 0.15) is 11.1 Å². The molecule has 0 unspecified atom stereocenters. The van der Waals surface area contributed by atoms with Crippen molar-refractivity contribution in [3.63, 3.8) is 0 Å². The summed E-state index contributed by atoms with van der Waals surface area (Å²) in [5, 5.41) is 3.36. The van der Waals surface area contributed by atoms with Crippen LogP contribution in [-0.2, 0) is 11.3 Å². The fourth-order valence-electron chi connectivity index (χ4n) is 1.95. The molecular formula is C16H17ClN2O2. The fourth-order valence-corrected chi connectivity index (χ4v) is 2.07. The van der Waals surface area contributed by atoms with Crippen LogP contribution in [-0.4, -0.2) is 12.5 Å². The van der Waals surface area contributed by atoms with Crippen molar-refractivity contribution >= 4 is 23.2 Å². The van der Waals surface area contributed by atoms with Crippen LogP contribution in [0.15, 0.2) is 42.5 Å². The van der Waals surface area contributed by atoms with Crippen LogP contribution in [0.25, 0.3) is 0 Å². The van der Waals surface area contributed by atoms with Gasteiger partial charge in [0.25, 0.3) is 5.91 Å². The summed E-state index contributed by atoms with van der Waals surface area (Å²) in [4.78, 5) is 11.9. The van der Waals surface area contributed by atoms with Crippen LogP contribution in [0.3, 0.4) is 0 Å². The molecular weight excluding hydrogens is 288 g/mol. The van der Waals surface area contributed by atoms with E-state index in [1.165, 1.54) is 0 Å². The van der Waals surface area contributed by atoms with Crippen molar-refractivity contribution in [2.24, 2.45) is 5.73 Å². The molecule has 0 aliphatic carbocycles. The smallest absolute Gasteiger partial charge is 0.262 e. The quantitative estimate of drug-likeness (QED) is 0.892.